The summed E-state index contributed by atoms with van der Waals surface area (Å²) >= 11 is 0. The standard InChI is InChI=1S/C49H52N6/c1-33-25-44(35(3)37(5)53(33)30-39-15-9-8-10-16-39)27-45-26-34(2)54(38(6)36(45)4)31-40-21-23-41(24-22-40)32-55-47-20-14-12-18-43(47)29-49(55)51-50-48-28-42-17-11-13-19-46(42)52(48)7/h8-26H,27-32H2,1-7H3/q+2/b50-48+,51-49-. The Hall–Kier alpha value is -5.88. The van der Waals surface area contributed by atoms with Crippen molar-refractivity contribution in [2.45, 2.75) is 80.4 Å². The van der Waals surface area contributed by atoms with E-state index in [0.717, 1.165) is 50.6 Å². The van der Waals surface area contributed by atoms with Gasteiger partial charge in [-0.25, -0.2) is 0 Å². The topological polar surface area (TPSA) is 39.0 Å². The third kappa shape index (κ3) is 7.21. The quantitative estimate of drug-likeness (QED) is 0.111. The molecule has 0 saturated heterocycles. The highest BCUT2D eigenvalue weighted by Crippen LogP contribution is 2.32. The van der Waals surface area contributed by atoms with Crippen LogP contribution < -0.4 is 18.9 Å². The first kappa shape index (κ1) is 36.1. The van der Waals surface area contributed by atoms with Gasteiger partial charge >= 0.3 is 0 Å². The first-order valence-electron chi connectivity index (χ1n) is 19.6. The van der Waals surface area contributed by atoms with Gasteiger partial charge in [-0.3, -0.25) is 0 Å². The Morgan fingerprint density at radius 3 is 1.60 bits per heavy atom. The normalized spacial score (nSPS) is 15.0. The molecule has 6 aromatic rings. The van der Waals surface area contributed by atoms with Crippen molar-refractivity contribution in [2.75, 3.05) is 16.8 Å². The van der Waals surface area contributed by atoms with E-state index in [1.54, 1.807) is 0 Å². The molecule has 2 aromatic heterocycles. The number of hydrogen-bond donors (Lipinski definition) is 0. The highest BCUT2D eigenvalue weighted by atomic mass is 15.4. The molecular weight excluding hydrogens is 673 g/mol. The Balaban J connectivity index is 0.982. The maximum atomic E-state index is 4.88. The third-order valence-electron chi connectivity index (χ3n) is 12.1. The molecule has 2 aliphatic heterocycles. The van der Waals surface area contributed by atoms with E-state index in [2.05, 4.69) is 183 Å². The van der Waals surface area contributed by atoms with Crippen LogP contribution in [0.5, 0.6) is 0 Å². The number of rotatable bonds is 9. The van der Waals surface area contributed by atoms with Gasteiger partial charge in [0.2, 0.25) is 0 Å². The molecule has 0 N–H and O–H groups in total. The number of nitrogens with zero attached hydrogens (tertiary/aromatic N) is 6. The zero-order chi connectivity index (χ0) is 38.2. The molecule has 0 bridgehead atoms. The van der Waals surface area contributed by atoms with E-state index >= 15 is 0 Å². The van der Waals surface area contributed by atoms with Gasteiger partial charge in [0.25, 0.3) is 0 Å². The van der Waals surface area contributed by atoms with Gasteiger partial charge in [0.15, 0.2) is 35.9 Å². The SMILES string of the molecule is Cc1c(Cc2cc(C)[n+](Cc3ccc(CN4/C(=N\N=C5/Cc6ccccc6N5C)Cc5ccccc54)cc3)c(C)c2C)cc(C)[n+](Cc2ccccc2)c1C. The van der Waals surface area contributed by atoms with E-state index in [1.165, 1.54) is 84.2 Å². The molecule has 4 aromatic carbocycles. The van der Waals surface area contributed by atoms with Gasteiger partial charge in [-0.15, -0.1) is 10.2 Å². The lowest BCUT2D eigenvalue weighted by Crippen LogP contribution is -2.42. The minimum atomic E-state index is 0.750. The van der Waals surface area contributed by atoms with Crippen molar-refractivity contribution in [1.82, 2.24) is 0 Å². The maximum Gasteiger partial charge on any atom is 0.181 e. The summed E-state index contributed by atoms with van der Waals surface area (Å²) in [7, 11) is 2.08. The molecule has 0 spiro atoms. The average molecular weight is 725 g/mol. The number of likely N-dealkylation sites (N-methyl/N-ethyl adjacent to an activating group) is 1. The van der Waals surface area contributed by atoms with E-state index in [1.807, 2.05) is 0 Å². The lowest BCUT2D eigenvalue weighted by molar-refractivity contribution is -0.700. The Labute approximate surface area is 326 Å². The molecule has 0 fully saturated rings. The molecule has 8 rings (SSSR count). The molecule has 0 saturated carbocycles. The maximum absolute atomic E-state index is 4.88. The van der Waals surface area contributed by atoms with Crippen molar-refractivity contribution >= 4 is 23.0 Å². The predicted molar refractivity (Wildman–Crippen MR) is 225 cm³/mol. The molecule has 0 unspecified atom stereocenters. The molecule has 0 atom stereocenters. The fourth-order valence-corrected chi connectivity index (χ4v) is 8.44. The Morgan fingerprint density at radius 1 is 0.527 bits per heavy atom. The highest BCUT2D eigenvalue weighted by molar-refractivity contribution is 6.07. The molecule has 0 aliphatic carbocycles. The van der Waals surface area contributed by atoms with Crippen molar-refractivity contribution in [3.8, 4) is 0 Å². The number of aromatic nitrogens is 2. The van der Waals surface area contributed by atoms with Crippen LogP contribution in [0.2, 0.25) is 0 Å². The van der Waals surface area contributed by atoms with Gasteiger partial charge in [-0.05, 0) is 60.2 Å². The summed E-state index contributed by atoms with van der Waals surface area (Å²) in [6.07, 6.45) is 2.52. The van der Waals surface area contributed by atoms with Crippen LogP contribution in [0.3, 0.4) is 0 Å². The molecular formula is C49H52N6+2. The van der Waals surface area contributed by atoms with Gasteiger partial charge in [0.1, 0.15) is 11.7 Å². The molecule has 0 radical (unpaired) electrons. The molecule has 276 valence electrons. The number of fused-ring (bicyclic) bond motifs is 2. The van der Waals surface area contributed by atoms with E-state index in [-0.39, 0.29) is 0 Å². The van der Waals surface area contributed by atoms with E-state index in [4.69, 9.17) is 10.2 Å². The van der Waals surface area contributed by atoms with E-state index < -0.39 is 0 Å². The molecule has 4 heterocycles. The van der Waals surface area contributed by atoms with Gasteiger partial charge in [-0.2, -0.15) is 9.13 Å². The van der Waals surface area contributed by atoms with Crippen molar-refractivity contribution in [3.63, 3.8) is 0 Å². The second-order valence-corrected chi connectivity index (χ2v) is 15.5. The number of para-hydroxylation sites is 2. The van der Waals surface area contributed by atoms with E-state index in [9.17, 15) is 0 Å². The molecule has 55 heavy (non-hydrogen) atoms. The van der Waals surface area contributed by atoms with Crippen LogP contribution in [0.15, 0.2) is 125 Å². The van der Waals surface area contributed by atoms with Crippen LogP contribution in [0.1, 0.15) is 72.8 Å². The molecule has 6 heteroatoms. The Morgan fingerprint density at radius 2 is 1.00 bits per heavy atom. The predicted octanol–water partition coefficient (Wildman–Crippen LogP) is 8.77. The summed E-state index contributed by atoms with van der Waals surface area (Å²) in [5, 5.41) is 9.69. The summed E-state index contributed by atoms with van der Waals surface area (Å²) in [6.45, 7) is 16.1. The third-order valence-corrected chi connectivity index (χ3v) is 12.1. The van der Waals surface area contributed by atoms with Crippen molar-refractivity contribution in [1.29, 1.82) is 0 Å². The Kier molecular flexibility index (Phi) is 9.91. The fraction of sp³-hybridized carbons (Fsp3) is 0.265. The summed E-state index contributed by atoms with van der Waals surface area (Å²) in [5.41, 5.74) is 19.7. The smallest absolute Gasteiger partial charge is 0.181 e. The van der Waals surface area contributed by atoms with Crippen LogP contribution in [-0.2, 0) is 38.9 Å². The lowest BCUT2D eigenvalue weighted by atomic mass is 9.95. The van der Waals surface area contributed by atoms with E-state index in [0.29, 0.717) is 0 Å². The first-order chi connectivity index (χ1) is 26.6. The number of pyridine rings is 2. The van der Waals surface area contributed by atoms with Crippen molar-refractivity contribution < 1.29 is 9.13 Å². The summed E-state index contributed by atoms with van der Waals surface area (Å²) in [4.78, 5) is 4.50. The zero-order valence-corrected chi connectivity index (χ0v) is 33.4. The molecule has 0 amide bonds. The number of hydrogen-bond acceptors (Lipinski definition) is 2. The molecule has 2 aliphatic rings. The zero-order valence-electron chi connectivity index (χ0n) is 33.4. The number of aryl methyl sites for hydroxylation is 2. The lowest BCUT2D eigenvalue weighted by Gasteiger charge is -2.20. The number of anilines is 2. The number of amidine groups is 2. The van der Waals surface area contributed by atoms with Crippen molar-refractivity contribution in [2.24, 2.45) is 10.2 Å². The van der Waals surface area contributed by atoms with Crippen LogP contribution in [0.25, 0.3) is 0 Å². The second kappa shape index (κ2) is 15.1. The minimum Gasteiger partial charge on any atom is -0.331 e. The van der Waals surface area contributed by atoms with Crippen molar-refractivity contribution in [3.05, 3.63) is 188 Å². The van der Waals surface area contributed by atoms with Crippen LogP contribution in [-0.4, -0.2) is 18.7 Å². The fourth-order valence-electron chi connectivity index (χ4n) is 8.44. The second-order valence-electron chi connectivity index (χ2n) is 15.5. The largest absolute Gasteiger partial charge is 0.331 e. The Bertz CT molecular complexity index is 2460. The van der Waals surface area contributed by atoms with Crippen LogP contribution in [0, 0.1) is 41.5 Å². The summed E-state index contributed by atoms with van der Waals surface area (Å²) < 4.78 is 4.91. The van der Waals surface area contributed by atoms with Gasteiger partial charge in [0.05, 0.1) is 0 Å². The molecule has 6 nitrogen and oxygen atoms in total. The van der Waals surface area contributed by atoms with Crippen LogP contribution in [0.4, 0.5) is 11.4 Å². The van der Waals surface area contributed by atoms with Gasteiger partial charge < -0.3 is 9.80 Å². The van der Waals surface area contributed by atoms with Gasteiger partial charge in [0, 0.05) is 99.9 Å². The van der Waals surface area contributed by atoms with Gasteiger partial charge in [-0.1, -0.05) is 91.0 Å². The highest BCUT2D eigenvalue weighted by Gasteiger charge is 2.27. The number of benzene rings is 4. The monoisotopic (exact) mass is 724 g/mol. The summed E-state index contributed by atoms with van der Waals surface area (Å²) in [5.74, 6) is 1.97. The minimum absolute atomic E-state index is 0.750. The average Bonchev–Trinajstić information content (AvgIpc) is 3.72. The van der Waals surface area contributed by atoms with Crippen LogP contribution >= 0.6 is 0 Å². The summed E-state index contributed by atoms with van der Waals surface area (Å²) in [6, 6.07) is 41.8. The first-order valence-corrected chi connectivity index (χ1v) is 19.6.